The van der Waals surface area contributed by atoms with E-state index >= 15 is 0 Å². The summed E-state index contributed by atoms with van der Waals surface area (Å²) in [6, 6.07) is 7.66. The van der Waals surface area contributed by atoms with Gasteiger partial charge in [0.15, 0.2) is 0 Å². The number of aromatic nitrogens is 1. The third kappa shape index (κ3) is 3.85. The lowest BCUT2D eigenvalue weighted by atomic mass is 9.97. The van der Waals surface area contributed by atoms with E-state index in [0.29, 0.717) is 12.0 Å². The summed E-state index contributed by atoms with van der Waals surface area (Å²) in [5, 5.41) is 3.35. The zero-order chi connectivity index (χ0) is 15.4. The fourth-order valence-corrected chi connectivity index (χ4v) is 2.51. The van der Waals surface area contributed by atoms with Crippen LogP contribution in [0.25, 0.3) is 0 Å². The normalized spacial score (nSPS) is 12.4. The largest absolute Gasteiger partial charge is 0.310 e. The third-order valence-corrected chi connectivity index (χ3v) is 3.53. The lowest BCUT2D eigenvalue weighted by molar-refractivity contribution is 0.518. The summed E-state index contributed by atoms with van der Waals surface area (Å²) in [6.45, 7) is 6.66. The van der Waals surface area contributed by atoms with Gasteiger partial charge in [0, 0.05) is 23.5 Å². The van der Waals surface area contributed by atoms with Crippen molar-refractivity contribution < 1.29 is 8.78 Å². The van der Waals surface area contributed by atoms with Crippen LogP contribution in [0.3, 0.4) is 0 Å². The molecule has 0 bridgehead atoms. The van der Waals surface area contributed by atoms with E-state index in [2.05, 4.69) is 10.3 Å². The summed E-state index contributed by atoms with van der Waals surface area (Å²) < 4.78 is 26.8. The molecule has 4 heteroatoms. The molecule has 0 radical (unpaired) electrons. The van der Waals surface area contributed by atoms with E-state index in [1.165, 1.54) is 12.1 Å². The first-order chi connectivity index (χ1) is 10.0. The van der Waals surface area contributed by atoms with Gasteiger partial charge in [-0.25, -0.2) is 8.78 Å². The molecule has 2 aromatic rings. The monoisotopic (exact) mass is 290 g/mol. The smallest absolute Gasteiger partial charge is 0.129 e. The van der Waals surface area contributed by atoms with Crippen LogP contribution in [0.4, 0.5) is 8.78 Å². The first kappa shape index (κ1) is 15.6. The van der Waals surface area contributed by atoms with Crippen LogP contribution in [-0.2, 0) is 6.42 Å². The topological polar surface area (TPSA) is 24.9 Å². The third-order valence-electron chi connectivity index (χ3n) is 3.53. The average molecular weight is 290 g/mol. The number of halogens is 2. The van der Waals surface area contributed by atoms with Crippen molar-refractivity contribution in [3.05, 3.63) is 64.5 Å². The lowest BCUT2D eigenvalue weighted by Crippen LogP contribution is -2.24. The van der Waals surface area contributed by atoms with Crippen LogP contribution < -0.4 is 5.32 Å². The number of benzene rings is 1. The van der Waals surface area contributed by atoms with Gasteiger partial charge in [0.1, 0.15) is 11.6 Å². The first-order valence-corrected chi connectivity index (χ1v) is 7.12. The average Bonchev–Trinajstić information content (AvgIpc) is 2.41. The molecule has 2 rings (SSSR count). The van der Waals surface area contributed by atoms with E-state index < -0.39 is 11.6 Å². The Labute approximate surface area is 124 Å². The van der Waals surface area contributed by atoms with Crippen LogP contribution in [0, 0.1) is 25.5 Å². The van der Waals surface area contributed by atoms with Crippen molar-refractivity contribution in [3.8, 4) is 0 Å². The minimum Gasteiger partial charge on any atom is -0.310 e. The number of rotatable bonds is 5. The van der Waals surface area contributed by atoms with Crippen molar-refractivity contribution >= 4 is 0 Å². The van der Waals surface area contributed by atoms with E-state index in [0.717, 1.165) is 29.6 Å². The Morgan fingerprint density at radius 1 is 1.14 bits per heavy atom. The maximum atomic E-state index is 13.8. The lowest BCUT2D eigenvalue weighted by Gasteiger charge is -2.20. The minimum absolute atomic E-state index is 0.0388. The number of pyridine rings is 1. The summed E-state index contributed by atoms with van der Waals surface area (Å²) >= 11 is 0. The maximum absolute atomic E-state index is 13.8. The molecular formula is C17H20F2N2. The molecule has 0 saturated carbocycles. The van der Waals surface area contributed by atoms with E-state index in [4.69, 9.17) is 0 Å². The number of hydrogen-bond donors (Lipinski definition) is 1. The second-order valence-electron chi connectivity index (χ2n) is 5.18. The molecule has 21 heavy (non-hydrogen) atoms. The molecule has 1 atom stereocenters. The fourth-order valence-electron chi connectivity index (χ4n) is 2.51. The maximum Gasteiger partial charge on any atom is 0.129 e. The molecule has 1 aromatic carbocycles. The van der Waals surface area contributed by atoms with Crippen molar-refractivity contribution in [2.75, 3.05) is 6.54 Å². The molecular weight excluding hydrogens is 270 g/mol. The molecule has 0 spiro atoms. The molecule has 112 valence electrons. The Kier molecular flexibility index (Phi) is 5.02. The first-order valence-electron chi connectivity index (χ1n) is 7.12. The highest BCUT2D eigenvalue weighted by atomic mass is 19.1. The van der Waals surface area contributed by atoms with E-state index in [9.17, 15) is 8.78 Å². The van der Waals surface area contributed by atoms with Gasteiger partial charge in [0.25, 0.3) is 0 Å². The van der Waals surface area contributed by atoms with Gasteiger partial charge in [-0.1, -0.05) is 19.1 Å². The number of hydrogen-bond acceptors (Lipinski definition) is 2. The fraction of sp³-hybridized carbons (Fsp3) is 0.353. The molecule has 0 fully saturated rings. The molecule has 0 amide bonds. The van der Waals surface area contributed by atoms with E-state index in [1.807, 2.05) is 32.9 Å². The molecule has 1 unspecified atom stereocenters. The molecule has 1 heterocycles. The Balaban J connectivity index is 2.30. The molecule has 0 aliphatic carbocycles. The molecule has 0 aliphatic heterocycles. The highest BCUT2D eigenvalue weighted by molar-refractivity contribution is 5.28. The Bertz CT molecular complexity index is 626. The summed E-state index contributed by atoms with van der Waals surface area (Å²) in [4.78, 5) is 4.46. The quantitative estimate of drug-likeness (QED) is 0.904. The van der Waals surface area contributed by atoms with Gasteiger partial charge in [0.2, 0.25) is 0 Å². The van der Waals surface area contributed by atoms with Gasteiger partial charge < -0.3 is 5.32 Å². The summed E-state index contributed by atoms with van der Waals surface area (Å²) in [6.07, 6.45) is 0.464. The highest BCUT2D eigenvalue weighted by Crippen LogP contribution is 2.23. The van der Waals surface area contributed by atoms with Crippen molar-refractivity contribution in [1.29, 1.82) is 0 Å². The number of nitrogens with one attached hydrogen (secondary N) is 1. The van der Waals surface area contributed by atoms with Gasteiger partial charge in [-0.2, -0.15) is 0 Å². The molecule has 1 aromatic heterocycles. The molecule has 2 nitrogen and oxygen atoms in total. The van der Waals surface area contributed by atoms with Gasteiger partial charge >= 0.3 is 0 Å². The van der Waals surface area contributed by atoms with Crippen molar-refractivity contribution in [3.63, 3.8) is 0 Å². The Hall–Kier alpha value is -1.81. The van der Waals surface area contributed by atoms with Gasteiger partial charge in [-0.05, 0) is 50.1 Å². The van der Waals surface area contributed by atoms with Crippen LogP contribution in [-0.4, -0.2) is 11.5 Å². The van der Waals surface area contributed by atoms with Crippen LogP contribution in [0.1, 0.15) is 35.5 Å². The molecule has 1 N–H and O–H groups in total. The summed E-state index contributed by atoms with van der Waals surface area (Å²) in [7, 11) is 0. The van der Waals surface area contributed by atoms with Crippen molar-refractivity contribution in [2.45, 2.75) is 33.2 Å². The van der Waals surface area contributed by atoms with Crippen molar-refractivity contribution in [2.24, 2.45) is 0 Å². The molecule has 0 aliphatic rings. The predicted molar refractivity (Wildman–Crippen MR) is 80.2 cm³/mol. The summed E-state index contributed by atoms with van der Waals surface area (Å²) in [5.41, 5.74) is 3.44. The Morgan fingerprint density at radius 3 is 2.52 bits per heavy atom. The second-order valence-corrected chi connectivity index (χ2v) is 5.18. The standard InChI is InChI=1S/C17H20F2N2/c1-4-20-17(15-8-5-11(2)21-12(15)3)9-13-6-7-14(18)10-16(13)19/h5-8,10,17,20H,4,9H2,1-3H3. The number of nitrogens with zero attached hydrogens (tertiary/aromatic N) is 1. The van der Waals surface area contributed by atoms with E-state index in [-0.39, 0.29) is 6.04 Å². The zero-order valence-corrected chi connectivity index (χ0v) is 12.6. The van der Waals surface area contributed by atoms with Gasteiger partial charge in [-0.15, -0.1) is 0 Å². The van der Waals surface area contributed by atoms with Gasteiger partial charge in [0.05, 0.1) is 0 Å². The zero-order valence-electron chi connectivity index (χ0n) is 12.6. The number of likely N-dealkylation sites (N-methyl/N-ethyl adjacent to an activating group) is 1. The molecule has 0 saturated heterocycles. The van der Waals surface area contributed by atoms with Crippen LogP contribution in [0.15, 0.2) is 30.3 Å². The van der Waals surface area contributed by atoms with Gasteiger partial charge in [-0.3, -0.25) is 4.98 Å². The minimum atomic E-state index is -0.551. The SMILES string of the molecule is CCNC(Cc1ccc(F)cc1F)c1ccc(C)nc1C. The predicted octanol–water partition coefficient (Wildman–Crippen LogP) is 3.87. The van der Waals surface area contributed by atoms with Crippen LogP contribution >= 0.6 is 0 Å². The van der Waals surface area contributed by atoms with Crippen LogP contribution in [0.5, 0.6) is 0 Å². The highest BCUT2D eigenvalue weighted by Gasteiger charge is 2.16. The summed E-state index contributed by atoms with van der Waals surface area (Å²) in [5.74, 6) is -1.06. The Morgan fingerprint density at radius 2 is 1.90 bits per heavy atom. The van der Waals surface area contributed by atoms with Crippen molar-refractivity contribution in [1.82, 2.24) is 10.3 Å². The number of aryl methyl sites for hydroxylation is 2. The van der Waals surface area contributed by atoms with E-state index in [1.54, 1.807) is 0 Å². The second kappa shape index (κ2) is 6.76. The van der Waals surface area contributed by atoms with Crippen LogP contribution in [0.2, 0.25) is 0 Å².